The van der Waals surface area contributed by atoms with Gasteiger partial charge in [-0.05, 0) is 44.5 Å². The van der Waals surface area contributed by atoms with Crippen molar-refractivity contribution in [3.05, 3.63) is 46.5 Å². The van der Waals surface area contributed by atoms with Crippen LogP contribution in [0.15, 0.2) is 24.3 Å². The fourth-order valence-corrected chi connectivity index (χ4v) is 5.22. The molecule has 2 heterocycles. The number of hydrogen-bond acceptors (Lipinski definition) is 7. The molecule has 7 nitrogen and oxygen atoms in total. The molecule has 160 valence electrons. The molecule has 5 rings (SSSR count). The molecule has 3 aliphatic rings. The van der Waals surface area contributed by atoms with Crippen LogP contribution in [0.1, 0.15) is 43.0 Å². The first-order valence-corrected chi connectivity index (χ1v) is 10.0. The van der Waals surface area contributed by atoms with Crippen molar-refractivity contribution < 1.29 is 34.3 Å². The first-order chi connectivity index (χ1) is 14.1. The maximum Gasteiger partial charge on any atom is 0.248 e. The zero-order chi connectivity index (χ0) is 21.6. The fraction of sp³-hybridized carbons (Fsp3) is 0.478. The molecule has 30 heavy (non-hydrogen) atoms. The summed E-state index contributed by atoms with van der Waals surface area (Å²) in [5.41, 5.74) is -0.903. The minimum Gasteiger partial charge on any atom is -0.508 e. The van der Waals surface area contributed by atoms with Gasteiger partial charge < -0.3 is 34.3 Å². The van der Waals surface area contributed by atoms with E-state index in [-0.39, 0.29) is 29.2 Å². The highest BCUT2D eigenvalue weighted by Gasteiger charge is 2.70. The van der Waals surface area contributed by atoms with Crippen molar-refractivity contribution in [1.82, 2.24) is 0 Å². The Kier molecular flexibility index (Phi) is 3.77. The largest absolute Gasteiger partial charge is 0.508 e. The van der Waals surface area contributed by atoms with Crippen LogP contribution < -0.4 is 9.47 Å². The lowest BCUT2D eigenvalue weighted by molar-refractivity contribution is -0.290. The third-order valence-electron chi connectivity index (χ3n) is 6.79. The normalized spacial score (nSPS) is 32.5. The van der Waals surface area contributed by atoms with Crippen LogP contribution in [0.2, 0.25) is 0 Å². The highest BCUT2D eigenvalue weighted by atomic mass is 16.7. The molecule has 2 aromatic rings. The van der Waals surface area contributed by atoms with Gasteiger partial charge in [0.2, 0.25) is 5.79 Å². The first-order valence-electron chi connectivity index (χ1n) is 10.0. The zero-order valence-corrected chi connectivity index (χ0v) is 17.6. The van der Waals surface area contributed by atoms with Crippen LogP contribution in [0.5, 0.6) is 23.0 Å². The molecule has 1 aliphatic carbocycles. The molecule has 2 bridgehead atoms. The highest BCUT2D eigenvalue weighted by molar-refractivity contribution is 5.69. The highest BCUT2D eigenvalue weighted by Crippen LogP contribution is 2.68. The Morgan fingerprint density at radius 1 is 1.07 bits per heavy atom. The van der Waals surface area contributed by atoms with Gasteiger partial charge in [-0.2, -0.15) is 0 Å². The smallest absolute Gasteiger partial charge is 0.248 e. The lowest BCUT2D eigenvalue weighted by Crippen LogP contribution is -2.54. The van der Waals surface area contributed by atoms with Crippen molar-refractivity contribution in [3.8, 4) is 23.0 Å². The van der Waals surface area contributed by atoms with E-state index < -0.39 is 29.0 Å². The van der Waals surface area contributed by atoms with E-state index in [0.29, 0.717) is 22.6 Å². The Bertz CT molecular complexity index is 1060. The van der Waals surface area contributed by atoms with Crippen molar-refractivity contribution in [2.24, 2.45) is 5.92 Å². The minimum absolute atomic E-state index is 0.0997. The SMILES string of the molecule is COCC1OC23Oc4cccc(O)c4C(O)(c4c(O)cc(C)c(c42)OC1(C)C)C3C. The Morgan fingerprint density at radius 3 is 2.50 bits per heavy atom. The standard InChI is InChI=1S/C23H26O7/c1-11-9-14(25)18-19-20(11)30-21(3,4)16(10-27-5)29-23(19)12(2)22(18,26)17-13(24)7-6-8-15(17)28-23/h6-9,12,16,24-26H,10H2,1-5H3. The fourth-order valence-electron chi connectivity index (χ4n) is 5.22. The van der Waals surface area contributed by atoms with Gasteiger partial charge in [0.25, 0.3) is 0 Å². The van der Waals surface area contributed by atoms with Gasteiger partial charge in [-0.25, -0.2) is 0 Å². The summed E-state index contributed by atoms with van der Waals surface area (Å²) in [5, 5.41) is 33.7. The quantitative estimate of drug-likeness (QED) is 0.695. The Balaban J connectivity index is 1.91. The Morgan fingerprint density at radius 2 is 1.80 bits per heavy atom. The van der Waals surface area contributed by atoms with Gasteiger partial charge >= 0.3 is 0 Å². The number of ether oxygens (including phenoxy) is 4. The van der Waals surface area contributed by atoms with Crippen LogP contribution in [0.25, 0.3) is 0 Å². The molecule has 0 saturated carbocycles. The van der Waals surface area contributed by atoms with Gasteiger partial charge in [0.05, 0.1) is 23.7 Å². The van der Waals surface area contributed by atoms with Gasteiger partial charge in [-0.3, -0.25) is 0 Å². The van der Waals surface area contributed by atoms with Crippen LogP contribution in [0.4, 0.5) is 0 Å². The van der Waals surface area contributed by atoms with Crippen molar-refractivity contribution in [2.75, 3.05) is 13.7 Å². The summed E-state index contributed by atoms with van der Waals surface area (Å²) in [6.07, 6.45) is -0.534. The van der Waals surface area contributed by atoms with Crippen LogP contribution >= 0.6 is 0 Å². The van der Waals surface area contributed by atoms with Gasteiger partial charge in [-0.1, -0.05) is 13.0 Å². The molecule has 4 atom stereocenters. The second-order valence-electron chi connectivity index (χ2n) is 8.97. The van der Waals surface area contributed by atoms with Crippen LogP contribution in [0.3, 0.4) is 0 Å². The Labute approximate surface area is 174 Å². The van der Waals surface area contributed by atoms with E-state index >= 15 is 0 Å². The second kappa shape index (κ2) is 5.81. The molecule has 2 aromatic carbocycles. The van der Waals surface area contributed by atoms with Crippen molar-refractivity contribution >= 4 is 0 Å². The number of aromatic hydroxyl groups is 2. The van der Waals surface area contributed by atoms with Crippen LogP contribution in [-0.4, -0.2) is 40.7 Å². The molecule has 7 heteroatoms. The number of phenolic OH excluding ortho intramolecular Hbond substituents is 2. The zero-order valence-electron chi connectivity index (χ0n) is 17.6. The minimum atomic E-state index is -1.73. The first kappa shape index (κ1) is 19.5. The average molecular weight is 414 g/mol. The summed E-state index contributed by atoms with van der Waals surface area (Å²) < 4.78 is 24.9. The summed E-state index contributed by atoms with van der Waals surface area (Å²) in [6, 6.07) is 6.38. The molecule has 2 aliphatic heterocycles. The number of benzene rings is 2. The monoisotopic (exact) mass is 414 g/mol. The predicted octanol–water partition coefficient (Wildman–Crippen LogP) is 3.04. The predicted molar refractivity (Wildman–Crippen MR) is 107 cm³/mol. The summed E-state index contributed by atoms with van der Waals surface area (Å²) in [4.78, 5) is 0. The topological polar surface area (TPSA) is 97.6 Å². The summed E-state index contributed by atoms with van der Waals surface area (Å²) in [6.45, 7) is 7.68. The molecular weight excluding hydrogens is 388 g/mol. The summed E-state index contributed by atoms with van der Waals surface area (Å²) in [7, 11) is 1.58. The van der Waals surface area contributed by atoms with E-state index in [1.54, 1.807) is 32.2 Å². The van der Waals surface area contributed by atoms with Crippen LogP contribution in [0, 0.1) is 12.8 Å². The molecule has 3 N–H and O–H groups in total. The van der Waals surface area contributed by atoms with Crippen molar-refractivity contribution in [1.29, 1.82) is 0 Å². The number of fused-ring (bicyclic) bond motifs is 4. The van der Waals surface area contributed by atoms with E-state index in [1.165, 1.54) is 6.07 Å². The molecule has 0 radical (unpaired) electrons. The number of methoxy groups -OCH3 is 1. The third-order valence-corrected chi connectivity index (χ3v) is 6.79. The summed E-state index contributed by atoms with van der Waals surface area (Å²) in [5.74, 6) is -1.54. The number of phenols is 2. The third kappa shape index (κ3) is 2.10. The Hall–Kier alpha value is -2.48. The lowest BCUT2D eigenvalue weighted by atomic mass is 9.77. The number of hydrogen-bond donors (Lipinski definition) is 3. The molecular formula is C23H26O7. The van der Waals surface area contributed by atoms with Gasteiger partial charge in [-0.15, -0.1) is 0 Å². The van der Waals surface area contributed by atoms with Gasteiger partial charge in [0.15, 0.2) is 0 Å². The molecule has 4 unspecified atom stereocenters. The second-order valence-corrected chi connectivity index (χ2v) is 8.97. The van der Waals surface area contributed by atoms with Crippen molar-refractivity contribution in [3.63, 3.8) is 0 Å². The van der Waals surface area contributed by atoms with Crippen molar-refractivity contribution in [2.45, 2.75) is 50.8 Å². The van der Waals surface area contributed by atoms with E-state index in [1.807, 2.05) is 20.8 Å². The molecule has 1 spiro atoms. The molecule has 0 aromatic heterocycles. The molecule has 0 amide bonds. The maximum atomic E-state index is 12.1. The number of aliphatic hydroxyl groups is 1. The van der Waals surface area contributed by atoms with Gasteiger partial charge in [0.1, 0.15) is 40.3 Å². The molecule has 0 saturated heterocycles. The number of rotatable bonds is 2. The lowest BCUT2D eigenvalue weighted by Gasteiger charge is -2.45. The van der Waals surface area contributed by atoms with E-state index in [4.69, 9.17) is 18.9 Å². The van der Waals surface area contributed by atoms with Gasteiger partial charge in [0, 0.05) is 12.7 Å². The number of aryl methyl sites for hydroxylation is 1. The molecule has 0 fully saturated rings. The van der Waals surface area contributed by atoms with E-state index in [0.717, 1.165) is 0 Å². The average Bonchev–Trinajstić information content (AvgIpc) is 2.74. The van der Waals surface area contributed by atoms with Crippen LogP contribution in [-0.2, 0) is 20.9 Å². The van der Waals surface area contributed by atoms with E-state index in [2.05, 4.69) is 0 Å². The van der Waals surface area contributed by atoms with E-state index in [9.17, 15) is 15.3 Å². The summed E-state index contributed by atoms with van der Waals surface area (Å²) >= 11 is 0. The maximum absolute atomic E-state index is 12.1.